The fourth-order valence-electron chi connectivity index (χ4n) is 1.81. The molecule has 1 atom stereocenters. The van der Waals surface area contributed by atoms with Gasteiger partial charge in [-0.15, -0.1) is 0 Å². The summed E-state index contributed by atoms with van der Waals surface area (Å²) in [5.74, 6) is 0. The average Bonchev–Trinajstić information content (AvgIpc) is 2.86. The first-order valence-electron chi connectivity index (χ1n) is 5.59. The number of nitrogens with two attached hydrogens (primary N) is 1. The van der Waals surface area contributed by atoms with Gasteiger partial charge in [0.2, 0.25) is 0 Å². The van der Waals surface area contributed by atoms with E-state index in [2.05, 4.69) is 17.1 Å². The Bertz CT molecular complexity index is 502. The number of hydrogen-bond acceptors (Lipinski definition) is 3. The molecular formula is C11H16ClN5. The minimum atomic E-state index is -0.335. The predicted molar refractivity (Wildman–Crippen MR) is 66.8 cm³/mol. The number of hydrogen-bond donors (Lipinski definition) is 1. The predicted octanol–water partition coefficient (Wildman–Crippen LogP) is 1.73. The second-order valence-electron chi connectivity index (χ2n) is 3.99. The summed E-state index contributed by atoms with van der Waals surface area (Å²) in [5.41, 5.74) is 7.81. The maximum absolute atomic E-state index is 6.18. The molecule has 2 rings (SSSR count). The maximum atomic E-state index is 6.18. The normalized spacial score (nSPS) is 12.9. The third-order valence-electron chi connectivity index (χ3n) is 2.62. The van der Waals surface area contributed by atoms with E-state index in [0.717, 1.165) is 24.4 Å². The molecule has 92 valence electrons. The fraction of sp³-hybridized carbons (Fsp3) is 0.455. The minimum absolute atomic E-state index is 0.335. The second kappa shape index (κ2) is 4.89. The molecule has 5 nitrogen and oxygen atoms in total. The van der Waals surface area contributed by atoms with Crippen LogP contribution in [0.1, 0.15) is 30.8 Å². The molecule has 0 aliphatic carbocycles. The molecule has 2 aromatic rings. The summed E-state index contributed by atoms with van der Waals surface area (Å²) in [4.78, 5) is 0. The van der Waals surface area contributed by atoms with E-state index < -0.39 is 0 Å². The van der Waals surface area contributed by atoms with Crippen LogP contribution >= 0.6 is 11.6 Å². The summed E-state index contributed by atoms with van der Waals surface area (Å²) < 4.78 is 3.57. The smallest absolute Gasteiger partial charge is 0.0930 e. The van der Waals surface area contributed by atoms with Gasteiger partial charge in [0.05, 0.1) is 28.6 Å². The summed E-state index contributed by atoms with van der Waals surface area (Å²) in [6, 6.07) is 1.56. The van der Waals surface area contributed by atoms with Crippen LogP contribution in [-0.4, -0.2) is 19.6 Å². The van der Waals surface area contributed by atoms with Gasteiger partial charge in [-0.05, 0) is 12.5 Å². The molecule has 2 N–H and O–H groups in total. The van der Waals surface area contributed by atoms with Gasteiger partial charge < -0.3 is 5.73 Å². The van der Waals surface area contributed by atoms with Crippen molar-refractivity contribution >= 4 is 11.6 Å². The van der Waals surface area contributed by atoms with Crippen LogP contribution in [0.4, 0.5) is 0 Å². The zero-order valence-electron chi connectivity index (χ0n) is 9.97. The second-order valence-corrected chi connectivity index (χ2v) is 4.40. The van der Waals surface area contributed by atoms with Crippen molar-refractivity contribution in [2.24, 2.45) is 12.8 Å². The van der Waals surface area contributed by atoms with Crippen molar-refractivity contribution in [3.05, 3.63) is 34.9 Å². The molecule has 0 saturated heterocycles. The summed E-state index contributed by atoms with van der Waals surface area (Å²) in [7, 11) is 1.86. The fourth-order valence-corrected chi connectivity index (χ4v) is 2.07. The zero-order valence-corrected chi connectivity index (χ0v) is 10.7. The van der Waals surface area contributed by atoms with Crippen LogP contribution < -0.4 is 5.73 Å². The van der Waals surface area contributed by atoms with Gasteiger partial charge in [-0.25, -0.2) is 0 Å². The monoisotopic (exact) mass is 253 g/mol. The van der Waals surface area contributed by atoms with E-state index in [-0.39, 0.29) is 6.04 Å². The highest BCUT2D eigenvalue weighted by molar-refractivity contribution is 6.31. The molecular weight excluding hydrogens is 238 g/mol. The number of nitrogens with zero attached hydrogens (tertiary/aromatic N) is 4. The Morgan fingerprint density at radius 1 is 1.53 bits per heavy atom. The molecule has 0 aromatic carbocycles. The van der Waals surface area contributed by atoms with Crippen LogP contribution in [0.5, 0.6) is 0 Å². The standard InChI is InChI=1S/C11H16ClN5/c1-3-5-17-11(8(12)7-14-17)10(13)9-4-6-16(2)15-9/h4,6-7,10H,3,5,13H2,1-2H3. The number of aryl methyl sites for hydroxylation is 2. The Morgan fingerprint density at radius 3 is 2.88 bits per heavy atom. The van der Waals surface area contributed by atoms with Crippen molar-refractivity contribution in [2.75, 3.05) is 0 Å². The maximum Gasteiger partial charge on any atom is 0.0930 e. The van der Waals surface area contributed by atoms with Gasteiger partial charge in [-0.1, -0.05) is 18.5 Å². The Labute approximate surface area is 105 Å². The van der Waals surface area contributed by atoms with Crippen molar-refractivity contribution in [2.45, 2.75) is 25.9 Å². The molecule has 2 aromatic heterocycles. The largest absolute Gasteiger partial charge is 0.318 e. The Morgan fingerprint density at radius 2 is 2.29 bits per heavy atom. The number of aromatic nitrogens is 4. The molecule has 0 amide bonds. The van der Waals surface area contributed by atoms with Gasteiger partial charge in [0.1, 0.15) is 0 Å². The van der Waals surface area contributed by atoms with E-state index in [9.17, 15) is 0 Å². The van der Waals surface area contributed by atoms with Gasteiger partial charge in [0.15, 0.2) is 0 Å². The third kappa shape index (κ3) is 2.35. The van der Waals surface area contributed by atoms with Crippen molar-refractivity contribution < 1.29 is 0 Å². The number of rotatable bonds is 4. The van der Waals surface area contributed by atoms with Crippen LogP contribution in [-0.2, 0) is 13.6 Å². The lowest BCUT2D eigenvalue weighted by atomic mass is 10.1. The van der Waals surface area contributed by atoms with Crippen molar-refractivity contribution in [3.63, 3.8) is 0 Å². The highest BCUT2D eigenvalue weighted by atomic mass is 35.5. The Hall–Kier alpha value is -1.33. The molecule has 0 saturated carbocycles. The van der Waals surface area contributed by atoms with Gasteiger partial charge in [-0.3, -0.25) is 9.36 Å². The topological polar surface area (TPSA) is 61.7 Å². The van der Waals surface area contributed by atoms with E-state index in [1.807, 2.05) is 24.0 Å². The molecule has 17 heavy (non-hydrogen) atoms. The first-order valence-corrected chi connectivity index (χ1v) is 5.97. The van der Waals surface area contributed by atoms with Crippen LogP contribution in [0.15, 0.2) is 18.5 Å². The van der Waals surface area contributed by atoms with Crippen molar-refractivity contribution in [1.29, 1.82) is 0 Å². The lowest BCUT2D eigenvalue weighted by molar-refractivity contribution is 0.554. The van der Waals surface area contributed by atoms with E-state index >= 15 is 0 Å². The molecule has 0 radical (unpaired) electrons. The minimum Gasteiger partial charge on any atom is -0.318 e. The summed E-state index contributed by atoms with van der Waals surface area (Å²) >= 11 is 6.13. The quantitative estimate of drug-likeness (QED) is 0.903. The zero-order chi connectivity index (χ0) is 12.4. The van der Waals surface area contributed by atoms with Crippen LogP contribution in [0, 0.1) is 0 Å². The molecule has 2 heterocycles. The molecule has 0 aliphatic heterocycles. The van der Waals surface area contributed by atoms with Crippen LogP contribution in [0.3, 0.4) is 0 Å². The van der Waals surface area contributed by atoms with Crippen molar-refractivity contribution in [1.82, 2.24) is 19.6 Å². The van der Waals surface area contributed by atoms with Crippen LogP contribution in [0.2, 0.25) is 5.02 Å². The Kier molecular flexibility index (Phi) is 3.49. The molecule has 0 bridgehead atoms. The molecule has 0 fully saturated rings. The van der Waals surface area contributed by atoms with Gasteiger partial charge in [0.25, 0.3) is 0 Å². The summed E-state index contributed by atoms with van der Waals surface area (Å²) in [6.07, 6.45) is 4.49. The SMILES string of the molecule is CCCn1ncc(Cl)c1C(N)c1ccn(C)n1. The van der Waals surface area contributed by atoms with E-state index in [1.165, 1.54) is 0 Å². The van der Waals surface area contributed by atoms with Gasteiger partial charge >= 0.3 is 0 Å². The lowest BCUT2D eigenvalue weighted by Gasteiger charge is -2.12. The molecule has 6 heteroatoms. The summed E-state index contributed by atoms with van der Waals surface area (Å²) in [5, 5.41) is 9.12. The highest BCUT2D eigenvalue weighted by Gasteiger charge is 2.20. The first kappa shape index (κ1) is 12.1. The molecule has 0 spiro atoms. The first-order chi connectivity index (χ1) is 8.13. The Balaban J connectivity index is 2.35. The van der Waals surface area contributed by atoms with Crippen molar-refractivity contribution in [3.8, 4) is 0 Å². The summed E-state index contributed by atoms with van der Waals surface area (Å²) in [6.45, 7) is 2.90. The third-order valence-corrected chi connectivity index (χ3v) is 2.91. The average molecular weight is 254 g/mol. The lowest BCUT2D eigenvalue weighted by Crippen LogP contribution is -2.18. The number of halogens is 1. The van der Waals surface area contributed by atoms with E-state index in [0.29, 0.717) is 5.02 Å². The van der Waals surface area contributed by atoms with Crippen LogP contribution in [0.25, 0.3) is 0 Å². The van der Waals surface area contributed by atoms with Gasteiger partial charge in [0, 0.05) is 19.8 Å². The van der Waals surface area contributed by atoms with E-state index in [4.69, 9.17) is 17.3 Å². The van der Waals surface area contributed by atoms with Gasteiger partial charge in [-0.2, -0.15) is 10.2 Å². The molecule has 1 unspecified atom stereocenters. The van der Waals surface area contributed by atoms with E-state index in [1.54, 1.807) is 10.9 Å². The molecule has 0 aliphatic rings. The highest BCUT2D eigenvalue weighted by Crippen LogP contribution is 2.25.